The van der Waals surface area contributed by atoms with Gasteiger partial charge in [0.2, 0.25) is 0 Å². The molecule has 1 fully saturated rings. The van der Waals surface area contributed by atoms with Crippen LogP contribution in [0.5, 0.6) is 0 Å². The van der Waals surface area contributed by atoms with Gasteiger partial charge in [0.15, 0.2) is 17.4 Å². The van der Waals surface area contributed by atoms with Crippen molar-refractivity contribution in [2.24, 2.45) is 0 Å². The van der Waals surface area contributed by atoms with Gasteiger partial charge >= 0.3 is 7.82 Å². The molecule has 0 radical (unpaired) electrons. The highest BCUT2D eigenvalue weighted by Crippen LogP contribution is 2.38. The summed E-state index contributed by atoms with van der Waals surface area (Å²) in [6.07, 6.45) is -0.642. The Morgan fingerprint density at radius 1 is 1.14 bits per heavy atom. The maximum absolute atomic E-state index is 12.6. The molecular weight excluding hydrogens is 411 g/mol. The van der Waals surface area contributed by atoms with Crippen molar-refractivity contribution >= 4 is 19.0 Å². The summed E-state index contributed by atoms with van der Waals surface area (Å²) in [6, 6.07) is 0. The fourth-order valence-corrected chi connectivity index (χ4v) is 3.47. The average molecular weight is 434 g/mol. The van der Waals surface area contributed by atoms with Crippen molar-refractivity contribution in [3.05, 3.63) is 23.0 Å². The highest BCUT2D eigenvalue weighted by Gasteiger charge is 2.45. The number of phosphoric acid groups is 1. The summed E-state index contributed by atoms with van der Waals surface area (Å²) < 4.78 is 23.3. The lowest BCUT2D eigenvalue weighted by Gasteiger charge is -2.16. The first-order valence-corrected chi connectivity index (χ1v) is 10.5. The monoisotopic (exact) mass is 434 g/mol. The van der Waals surface area contributed by atoms with Crippen molar-refractivity contribution in [1.29, 1.82) is 0 Å². The van der Waals surface area contributed by atoms with Crippen LogP contribution in [0.3, 0.4) is 0 Å². The highest BCUT2D eigenvalue weighted by molar-refractivity contribution is 7.46. The molecule has 3 heterocycles. The lowest BCUT2D eigenvalue weighted by molar-refractivity contribution is -0.0504. The molecule has 3 rings (SSSR count). The van der Waals surface area contributed by atoms with E-state index in [9.17, 15) is 19.6 Å². The molecule has 0 saturated carbocycles. The van der Waals surface area contributed by atoms with Gasteiger partial charge in [0.1, 0.15) is 24.6 Å². The van der Waals surface area contributed by atoms with E-state index in [4.69, 9.17) is 19.6 Å². The lowest BCUT2D eigenvalue weighted by Crippen LogP contribution is -2.33. The molecule has 1 saturated heterocycles. The van der Waals surface area contributed by atoms with Gasteiger partial charge in [-0.2, -0.15) is 0 Å². The number of rotatable bonds is 9. The van der Waals surface area contributed by atoms with Crippen molar-refractivity contribution in [1.82, 2.24) is 19.1 Å². The zero-order valence-corrected chi connectivity index (χ0v) is 16.2. The third kappa shape index (κ3) is 4.90. The number of hydrogen-bond donors (Lipinski definition) is 5. The Morgan fingerprint density at radius 3 is 2.59 bits per heavy atom. The predicted molar refractivity (Wildman–Crippen MR) is 96.6 cm³/mol. The standard InChI is InChI=1S/C15H23N4O9P/c20-5-3-1-2-4-18-7-17-13-10(14(18)23)16-8-19(13)15-12(22)11(21)9(28-15)6-27-29(24,25)26/h7-9,11-12,15,20-22H,1-6H2,(H2,24,25,26)/t9-,11-,12-,15-/m1/s1. The number of nitrogens with zero attached hydrogens (tertiary/aromatic N) is 4. The average Bonchev–Trinajstić information content (AvgIpc) is 3.21. The molecule has 4 atom stereocenters. The first kappa shape index (κ1) is 22.0. The molecule has 1 aliphatic rings. The minimum atomic E-state index is -4.77. The van der Waals surface area contributed by atoms with Gasteiger partial charge in [-0.1, -0.05) is 0 Å². The number of phosphoric ester groups is 1. The minimum absolute atomic E-state index is 0.0508. The fourth-order valence-electron chi connectivity index (χ4n) is 3.13. The maximum atomic E-state index is 12.6. The molecule has 29 heavy (non-hydrogen) atoms. The zero-order valence-electron chi connectivity index (χ0n) is 15.3. The molecule has 2 aromatic rings. The van der Waals surface area contributed by atoms with Gasteiger partial charge < -0.3 is 29.8 Å². The van der Waals surface area contributed by atoms with Gasteiger partial charge in [0, 0.05) is 13.2 Å². The summed E-state index contributed by atoms with van der Waals surface area (Å²) in [7, 11) is -4.77. The molecule has 0 aliphatic carbocycles. The molecule has 1 aliphatic heterocycles. The van der Waals surface area contributed by atoms with Crippen molar-refractivity contribution in [3.8, 4) is 0 Å². The van der Waals surface area contributed by atoms with Crippen LogP contribution in [-0.4, -0.2) is 75.7 Å². The van der Waals surface area contributed by atoms with E-state index in [2.05, 4.69) is 14.5 Å². The molecule has 5 N–H and O–H groups in total. The van der Waals surface area contributed by atoms with E-state index in [1.807, 2.05) is 0 Å². The topological polar surface area (TPSA) is 189 Å². The van der Waals surface area contributed by atoms with Crippen LogP contribution >= 0.6 is 7.82 Å². The molecule has 0 spiro atoms. The van der Waals surface area contributed by atoms with Crippen molar-refractivity contribution in [2.75, 3.05) is 13.2 Å². The van der Waals surface area contributed by atoms with E-state index < -0.39 is 39.0 Å². The summed E-state index contributed by atoms with van der Waals surface area (Å²) in [6.45, 7) is -0.135. The highest BCUT2D eigenvalue weighted by atomic mass is 31.2. The Balaban J connectivity index is 1.78. The van der Waals surface area contributed by atoms with Crippen LogP contribution in [0.1, 0.15) is 25.5 Å². The normalized spacial score (nSPS) is 25.1. The second-order valence-corrected chi connectivity index (χ2v) is 7.92. The summed E-state index contributed by atoms with van der Waals surface area (Å²) in [5.41, 5.74) is -0.198. The summed E-state index contributed by atoms with van der Waals surface area (Å²) in [5, 5.41) is 29.2. The smallest absolute Gasteiger partial charge is 0.396 e. The number of hydrogen-bond acceptors (Lipinski definition) is 9. The first-order valence-electron chi connectivity index (χ1n) is 8.97. The van der Waals surface area contributed by atoms with E-state index in [0.717, 1.165) is 6.42 Å². The molecule has 0 aromatic carbocycles. The molecular formula is C15H23N4O9P. The van der Waals surface area contributed by atoms with Crippen LogP contribution in [0.2, 0.25) is 0 Å². The molecule has 13 nitrogen and oxygen atoms in total. The zero-order chi connectivity index (χ0) is 21.2. The number of ether oxygens (including phenoxy) is 1. The lowest BCUT2D eigenvalue weighted by atomic mass is 10.1. The number of unbranched alkanes of at least 4 members (excludes halogenated alkanes) is 2. The van der Waals surface area contributed by atoms with Gasteiger partial charge in [-0.15, -0.1) is 0 Å². The van der Waals surface area contributed by atoms with Crippen molar-refractivity contribution in [2.45, 2.75) is 50.3 Å². The number of aromatic nitrogens is 4. The van der Waals surface area contributed by atoms with Crippen LogP contribution < -0.4 is 5.56 Å². The van der Waals surface area contributed by atoms with Crippen LogP contribution in [0.25, 0.3) is 11.2 Å². The fraction of sp³-hybridized carbons (Fsp3) is 0.667. The third-order valence-corrected chi connectivity index (χ3v) is 5.11. The maximum Gasteiger partial charge on any atom is 0.469 e. The second-order valence-electron chi connectivity index (χ2n) is 6.68. The van der Waals surface area contributed by atoms with Gasteiger partial charge in [-0.3, -0.25) is 18.5 Å². The third-order valence-electron chi connectivity index (χ3n) is 4.63. The van der Waals surface area contributed by atoms with Gasteiger partial charge in [-0.05, 0) is 19.3 Å². The Morgan fingerprint density at radius 2 is 1.90 bits per heavy atom. The van der Waals surface area contributed by atoms with E-state index in [0.29, 0.717) is 19.4 Å². The van der Waals surface area contributed by atoms with Crippen LogP contribution in [0, 0.1) is 0 Å². The molecule has 2 aromatic heterocycles. The molecule has 0 unspecified atom stereocenters. The number of aryl methyl sites for hydroxylation is 1. The van der Waals surface area contributed by atoms with Crippen LogP contribution in [0.15, 0.2) is 17.4 Å². The van der Waals surface area contributed by atoms with E-state index in [-0.39, 0.29) is 23.3 Å². The van der Waals surface area contributed by atoms with Crippen molar-refractivity contribution < 1.29 is 38.9 Å². The Labute approximate surface area is 164 Å². The molecule has 162 valence electrons. The quantitative estimate of drug-likeness (QED) is 0.228. The minimum Gasteiger partial charge on any atom is -0.396 e. The summed E-state index contributed by atoms with van der Waals surface area (Å²) in [4.78, 5) is 38.4. The van der Waals surface area contributed by atoms with E-state index >= 15 is 0 Å². The summed E-state index contributed by atoms with van der Waals surface area (Å²) >= 11 is 0. The van der Waals surface area contributed by atoms with Crippen LogP contribution in [0.4, 0.5) is 0 Å². The van der Waals surface area contributed by atoms with Gasteiger partial charge in [0.25, 0.3) is 5.56 Å². The summed E-state index contributed by atoms with van der Waals surface area (Å²) in [5.74, 6) is 0. The van der Waals surface area contributed by atoms with Crippen LogP contribution in [-0.2, 0) is 20.4 Å². The second kappa shape index (κ2) is 8.98. The van der Waals surface area contributed by atoms with E-state index in [1.165, 1.54) is 21.8 Å². The molecule has 14 heteroatoms. The van der Waals surface area contributed by atoms with E-state index in [1.54, 1.807) is 0 Å². The molecule has 0 bridgehead atoms. The Bertz CT molecular complexity index is 942. The number of aliphatic hydroxyl groups is 3. The largest absolute Gasteiger partial charge is 0.469 e. The van der Waals surface area contributed by atoms with Crippen molar-refractivity contribution in [3.63, 3.8) is 0 Å². The van der Waals surface area contributed by atoms with Gasteiger partial charge in [0.05, 0.1) is 12.9 Å². The Hall–Kier alpha value is -1.70. The number of imidazole rings is 1. The Kier molecular flexibility index (Phi) is 6.81. The SMILES string of the molecule is O=c1c2ncn([C@@H]3O[C@H](COP(=O)(O)O)[C@@H](O)[C@H]3O)c2ncn1CCCCCO. The number of aliphatic hydroxyl groups excluding tert-OH is 3. The van der Waals surface area contributed by atoms with Gasteiger partial charge in [-0.25, -0.2) is 14.5 Å². The number of fused-ring (bicyclic) bond motifs is 1. The first-order chi connectivity index (χ1) is 13.7. The predicted octanol–water partition coefficient (Wildman–Crippen LogP) is -1.52. The molecule has 0 amide bonds.